The summed E-state index contributed by atoms with van der Waals surface area (Å²) in [6.07, 6.45) is 4.28. The Morgan fingerprint density at radius 3 is 2.97 bits per heavy atom. The fraction of sp³-hybridized carbons (Fsp3) is 0.240. The zero-order valence-corrected chi connectivity index (χ0v) is 19.0. The van der Waals surface area contributed by atoms with E-state index in [0.717, 1.165) is 35.4 Å². The number of aromatic nitrogens is 2. The topological polar surface area (TPSA) is 105 Å². The number of para-hydroxylation sites is 1. The maximum Gasteiger partial charge on any atom is 0.257 e. The molecular weight excluding hydrogens is 452 g/mol. The predicted octanol–water partition coefficient (Wildman–Crippen LogP) is 3.99. The van der Waals surface area contributed by atoms with Crippen LogP contribution in [0.1, 0.15) is 38.8 Å². The maximum absolute atomic E-state index is 12.9. The lowest BCUT2D eigenvalue weighted by Crippen LogP contribution is -2.30. The first kappa shape index (κ1) is 20.7. The van der Waals surface area contributed by atoms with Crippen LogP contribution < -0.4 is 20.1 Å². The molecular formula is C25H22N4O4S. The molecule has 8 nitrogen and oxygen atoms in total. The summed E-state index contributed by atoms with van der Waals surface area (Å²) in [5.74, 6) is 0.607. The van der Waals surface area contributed by atoms with E-state index in [-0.39, 0.29) is 24.5 Å². The summed E-state index contributed by atoms with van der Waals surface area (Å²) >= 11 is 1.43. The Hall–Kier alpha value is -3.85. The van der Waals surface area contributed by atoms with Crippen LogP contribution in [-0.2, 0) is 17.6 Å². The molecule has 0 radical (unpaired) electrons. The van der Waals surface area contributed by atoms with E-state index < -0.39 is 0 Å². The van der Waals surface area contributed by atoms with E-state index >= 15 is 0 Å². The number of H-pyrrole nitrogens is 1. The van der Waals surface area contributed by atoms with Crippen LogP contribution in [0.5, 0.6) is 11.5 Å². The second-order valence-corrected chi connectivity index (χ2v) is 9.43. The minimum atomic E-state index is -0.287. The van der Waals surface area contributed by atoms with E-state index in [9.17, 15) is 9.59 Å². The molecule has 3 N–H and O–H groups in total. The Labute approximate surface area is 199 Å². The van der Waals surface area contributed by atoms with Crippen LogP contribution >= 0.6 is 11.3 Å². The molecule has 1 aliphatic carbocycles. The molecule has 1 atom stereocenters. The fourth-order valence-electron chi connectivity index (χ4n) is 4.52. The van der Waals surface area contributed by atoms with Crippen molar-refractivity contribution in [1.29, 1.82) is 0 Å². The molecule has 4 aromatic rings. The third kappa shape index (κ3) is 3.77. The minimum Gasteiger partial charge on any atom is -0.454 e. The molecule has 9 heteroatoms. The largest absolute Gasteiger partial charge is 0.454 e. The molecule has 0 saturated carbocycles. The van der Waals surface area contributed by atoms with Gasteiger partial charge in [0.25, 0.3) is 5.91 Å². The molecule has 1 unspecified atom stereocenters. The number of anilines is 1. The number of nitrogens with zero attached hydrogens (tertiary/aromatic N) is 1. The van der Waals surface area contributed by atoms with E-state index in [0.29, 0.717) is 28.7 Å². The lowest BCUT2D eigenvalue weighted by molar-refractivity contribution is -0.122. The molecule has 2 aromatic heterocycles. The number of carbonyl (C=O) groups is 2. The normalized spacial score (nSPS) is 15.9. The van der Waals surface area contributed by atoms with Gasteiger partial charge in [0, 0.05) is 34.1 Å². The van der Waals surface area contributed by atoms with Gasteiger partial charge in [-0.1, -0.05) is 18.2 Å². The van der Waals surface area contributed by atoms with Crippen molar-refractivity contribution < 1.29 is 19.1 Å². The van der Waals surface area contributed by atoms with E-state index in [1.807, 2.05) is 24.4 Å². The third-order valence-electron chi connectivity index (χ3n) is 6.26. The van der Waals surface area contributed by atoms with Gasteiger partial charge in [0.1, 0.15) is 0 Å². The number of amides is 2. The van der Waals surface area contributed by atoms with Gasteiger partial charge in [0.15, 0.2) is 16.6 Å². The number of thiazole rings is 1. The average Bonchev–Trinajstić information content (AvgIpc) is 3.62. The number of aromatic amines is 1. The second-order valence-electron chi connectivity index (χ2n) is 8.34. The standard InChI is InChI=1S/C25H22N4O4S/c30-23(14-5-7-19-20(11-14)33-13-32-19)29-25-28-22-17(6-8-21(22)34-25)24(31)26-10-9-15-12-27-18-4-2-1-3-16(15)18/h1-5,7,11-12,17,27H,6,8-10,13H2,(H,26,31)(H,28,29,30). The van der Waals surface area contributed by atoms with Crippen molar-refractivity contribution in [2.24, 2.45) is 0 Å². The molecule has 6 rings (SSSR count). The highest BCUT2D eigenvalue weighted by Gasteiger charge is 2.32. The van der Waals surface area contributed by atoms with Crippen LogP contribution in [-0.4, -0.2) is 35.1 Å². The number of fused-ring (bicyclic) bond motifs is 3. The Bertz CT molecular complexity index is 1410. The highest BCUT2D eigenvalue weighted by atomic mass is 32.1. The van der Waals surface area contributed by atoms with Gasteiger partial charge in [-0.15, -0.1) is 11.3 Å². The summed E-state index contributed by atoms with van der Waals surface area (Å²) < 4.78 is 10.6. The lowest BCUT2D eigenvalue weighted by Gasteiger charge is -2.10. The van der Waals surface area contributed by atoms with Crippen molar-refractivity contribution in [2.45, 2.75) is 25.2 Å². The third-order valence-corrected chi connectivity index (χ3v) is 7.30. The van der Waals surface area contributed by atoms with Gasteiger partial charge in [-0.2, -0.15) is 0 Å². The number of ether oxygens (including phenoxy) is 2. The van der Waals surface area contributed by atoms with Crippen LogP contribution in [0.25, 0.3) is 10.9 Å². The highest BCUT2D eigenvalue weighted by molar-refractivity contribution is 7.16. The number of aryl methyl sites for hydroxylation is 1. The van der Waals surface area contributed by atoms with Gasteiger partial charge < -0.3 is 19.8 Å². The smallest absolute Gasteiger partial charge is 0.257 e. The van der Waals surface area contributed by atoms with E-state index in [1.165, 1.54) is 22.3 Å². The monoisotopic (exact) mass is 474 g/mol. The summed E-state index contributed by atoms with van der Waals surface area (Å²) in [7, 11) is 0. The number of nitrogens with one attached hydrogen (secondary N) is 3. The van der Waals surface area contributed by atoms with Gasteiger partial charge in [-0.05, 0) is 49.1 Å². The number of hydrogen-bond acceptors (Lipinski definition) is 6. The zero-order chi connectivity index (χ0) is 23.1. The number of carbonyl (C=O) groups excluding carboxylic acids is 2. The Kier molecular flexibility index (Phi) is 5.18. The average molecular weight is 475 g/mol. The van der Waals surface area contributed by atoms with Crippen LogP contribution in [0.3, 0.4) is 0 Å². The van der Waals surface area contributed by atoms with Crippen molar-refractivity contribution in [3.05, 3.63) is 70.4 Å². The number of benzene rings is 2. The van der Waals surface area contributed by atoms with Gasteiger partial charge in [-0.25, -0.2) is 4.98 Å². The van der Waals surface area contributed by atoms with Gasteiger partial charge in [0.05, 0.1) is 11.6 Å². The molecule has 34 heavy (non-hydrogen) atoms. The molecule has 1 aliphatic heterocycles. The summed E-state index contributed by atoms with van der Waals surface area (Å²) in [6.45, 7) is 0.717. The number of hydrogen-bond donors (Lipinski definition) is 3. The highest BCUT2D eigenvalue weighted by Crippen LogP contribution is 2.39. The predicted molar refractivity (Wildman–Crippen MR) is 129 cm³/mol. The van der Waals surface area contributed by atoms with Gasteiger partial charge in [-0.3, -0.25) is 14.9 Å². The van der Waals surface area contributed by atoms with Crippen molar-refractivity contribution in [3.8, 4) is 11.5 Å². The zero-order valence-electron chi connectivity index (χ0n) is 18.2. The fourth-order valence-corrected chi connectivity index (χ4v) is 5.56. The SMILES string of the molecule is O=C(Nc1nc2c(s1)CCC2C(=O)NCCc1c[nH]c2ccccc12)c1ccc2c(c1)OCO2. The lowest BCUT2D eigenvalue weighted by atomic mass is 10.1. The minimum absolute atomic E-state index is 0.0162. The number of rotatable bonds is 6. The molecule has 2 amide bonds. The molecule has 172 valence electrons. The quantitative estimate of drug-likeness (QED) is 0.392. The summed E-state index contributed by atoms with van der Waals surface area (Å²) in [6, 6.07) is 13.2. The van der Waals surface area contributed by atoms with E-state index in [4.69, 9.17) is 9.47 Å². The first-order valence-corrected chi connectivity index (χ1v) is 12.0. The van der Waals surface area contributed by atoms with Crippen LogP contribution in [0, 0.1) is 0 Å². The van der Waals surface area contributed by atoms with E-state index in [1.54, 1.807) is 18.2 Å². The summed E-state index contributed by atoms with van der Waals surface area (Å²) in [5.41, 5.74) is 3.52. The summed E-state index contributed by atoms with van der Waals surface area (Å²) in [5, 5.41) is 7.61. The van der Waals surface area contributed by atoms with Crippen LogP contribution in [0.4, 0.5) is 5.13 Å². The van der Waals surface area contributed by atoms with Crippen molar-refractivity contribution in [1.82, 2.24) is 15.3 Å². The summed E-state index contributed by atoms with van der Waals surface area (Å²) in [4.78, 5) is 34.5. The first-order chi connectivity index (χ1) is 16.7. The van der Waals surface area contributed by atoms with Crippen LogP contribution in [0.15, 0.2) is 48.7 Å². The molecule has 2 aromatic carbocycles. The Balaban J connectivity index is 1.08. The molecule has 3 heterocycles. The van der Waals surface area contributed by atoms with Crippen molar-refractivity contribution in [3.63, 3.8) is 0 Å². The van der Waals surface area contributed by atoms with Crippen molar-refractivity contribution >= 4 is 39.2 Å². The second kappa shape index (κ2) is 8.49. The Morgan fingerprint density at radius 1 is 1.15 bits per heavy atom. The molecule has 0 spiro atoms. The van der Waals surface area contributed by atoms with Gasteiger partial charge in [0.2, 0.25) is 12.7 Å². The molecule has 0 saturated heterocycles. The van der Waals surface area contributed by atoms with Crippen molar-refractivity contribution in [2.75, 3.05) is 18.7 Å². The molecule has 0 fully saturated rings. The molecule has 0 bridgehead atoms. The Morgan fingerprint density at radius 2 is 2.03 bits per heavy atom. The van der Waals surface area contributed by atoms with E-state index in [2.05, 4.69) is 26.7 Å². The van der Waals surface area contributed by atoms with Gasteiger partial charge >= 0.3 is 0 Å². The maximum atomic E-state index is 12.9. The first-order valence-electron chi connectivity index (χ1n) is 11.2. The molecule has 2 aliphatic rings. The van der Waals surface area contributed by atoms with Crippen LogP contribution in [0.2, 0.25) is 0 Å².